The van der Waals surface area contributed by atoms with E-state index in [1.165, 1.54) is 46.7 Å². The van der Waals surface area contributed by atoms with Crippen LogP contribution in [0.5, 0.6) is 0 Å². The first-order valence-electron chi connectivity index (χ1n) is 7.07. The molecule has 1 aromatic heterocycles. The van der Waals surface area contributed by atoms with Crippen LogP contribution in [-0.2, 0) is 6.54 Å². The number of thiazole rings is 1. The summed E-state index contributed by atoms with van der Waals surface area (Å²) in [6.45, 7) is 3.08. The molecule has 0 unspecified atom stereocenters. The third kappa shape index (κ3) is 3.04. The van der Waals surface area contributed by atoms with Crippen LogP contribution in [0, 0.1) is 6.92 Å². The largest absolute Gasteiger partial charge is 0.308 e. The van der Waals surface area contributed by atoms with Crippen LogP contribution >= 0.6 is 11.3 Å². The summed E-state index contributed by atoms with van der Waals surface area (Å²) in [6, 6.07) is 9.23. The Kier molecular flexibility index (Phi) is 3.95. The highest BCUT2D eigenvalue weighted by Gasteiger charge is 2.14. The molecule has 2 aromatic rings. The van der Waals surface area contributed by atoms with E-state index >= 15 is 0 Å². The van der Waals surface area contributed by atoms with Crippen LogP contribution in [0.25, 0.3) is 10.4 Å². The standard InChI is InChI=1S/C16H20N2S/c1-12-6-2-5-9-14(12)15-10-18-16(19-15)11-17-13-7-3-4-8-13/h2,5-6,9-10,13,17H,3-4,7-8,11H2,1H3. The van der Waals surface area contributed by atoms with Gasteiger partial charge in [0.2, 0.25) is 0 Å². The summed E-state index contributed by atoms with van der Waals surface area (Å²) in [7, 11) is 0. The SMILES string of the molecule is Cc1ccccc1-c1cnc(CNC2CCCC2)s1. The van der Waals surface area contributed by atoms with Crippen LogP contribution in [0.4, 0.5) is 0 Å². The van der Waals surface area contributed by atoms with Gasteiger partial charge in [-0.2, -0.15) is 0 Å². The molecule has 0 radical (unpaired) electrons. The van der Waals surface area contributed by atoms with Crippen LogP contribution in [-0.4, -0.2) is 11.0 Å². The summed E-state index contributed by atoms with van der Waals surface area (Å²) in [5.41, 5.74) is 2.63. The minimum absolute atomic E-state index is 0.714. The summed E-state index contributed by atoms with van der Waals surface area (Å²) in [6.07, 6.45) is 7.43. The lowest BCUT2D eigenvalue weighted by molar-refractivity contribution is 0.523. The van der Waals surface area contributed by atoms with Crippen molar-refractivity contribution in [2.24, 2.45) is 0 Å². The molecule has 3 heteroatoms. The first-order valence-corrected chi connectivity index (χ1v) is 7.88. The zero-order chi connectivity index (χ0) is 13.1. The van der Waals surface area contributed by atoms with E-state index in [4.69, 9.17) is 0 Å². The van der Waals surface area contributed by atoms with Crippen molar-refractivity contribution in [1.29, 1.82) is 0 Å². The lowest BCUT2D eigenvalue weighted by Gasteiger charge is -2.09. The van der Waals surface area contributed by atoms with Gasteiger partial charge in [-0.05, 0) is 30.9 Å². The summed E-state index contributed by atoms with van der Waals surface area (Å²) in [5, 5.41) is 4.82. The fraction of sp³-hybridized carbons (Fsp3) is 0.438. The Hall–Kier alpha value is -1.19. The molecule has 3 rings (SSSR count). The first kappa shape index (κ1) is 12.8. The number of hydrogen-bond acceptors (Lipinski definition) is 3. The van der Waals surface area contributed by atoms with Crippen molar-refractivity contribution < 1.29 is 0 Å². The van der Waals surface area contributed by atoms with E-state index in [0.29, 0.717) is 6.04 Å². The second kappa shape index (κ2) is 5.85. The van der Waals surface area contributed by atoms with Crippen molar-refractivity contribution in [1.82, 2.24) is 10.3 Å². The molecule has 0 saturated heterocycles. The number of hydrogen-bond donors (Lipinski definition) is 1. The predicted molar refractivity (Wildman–Crippen MR) is 81.4 cm³/mol. The van der Waals surface area contributed by atoms with Gasteiger partial charge in [-0.3, -0.25) is 0 Å². The molecule has 0 amide bonds. The second-order valence-corrected chi connectivity index (χ2v) is 6.41. The molecule has 1 fully saturated rings. The number of benzene rings is 1. The molecule has 100 valence electrons. The Morgan fingerprint density at radius 3 is 2.84 bits per heavy atom. The Morgan fingerprint density at radius 1 is 1.26 bits per heavy atom. The first-order chi connectivity index (χ1) is 9.33. The van der Waals surface area contributed by atoms with E-state index in [2.05, 4.69) is 41.5 Å². The van der Waals surface area contributed by atoms with Crippen molar-refractivity contribution >= 4 is 11.3 Å². The lowest BCUT2D eigenvalue weighted by atomic mass is 10.1. The van der Waals surface area contributed by atoms with Gasteiger partial charge in [0.25, 0.3) is 0 Å². The number of nitrogens with one attached hydrogen (secondary N) is 1. The molecule has 1 aliphatic carbocycles. The van der Waals surface area contributed by atoms with Crippen molar-refractivity contribution in [3.05, 3.63) is 41.0 Å². The van der Waals surface area contributed by atoms with Crippen LogP contribution in [0.3, 0.4) is 0 Å². The molecule has 0 aliphatic heterocycles. The van der Waals surface area contributed by atoms with Crippen LogP contribution < -0.4 is 5.32 Å². The normalized spacial score (nSPS) is 16.1. The van der Waals surface area contributed by atoms with E-state index in [0.717, 1.165) is 6.54 Å². The number of aryl methyl sites for hydroxylation is 1. The Bertz CT molecular complexity index is 541. The van der Waals surface area contributed by atoms with Crippen molar-refractivity contribution in [3.63, 3.8) is 0 Å². The highest BCUT2D eigenvalue weighted by Crippen LogP contribution is 2.29. The molecular formula is C16H20N2S. The molecule has 1 heterocycles. The predicted octanol–water partition coefficient (Wildman–Crippen LogP) is 4.15. The molecule has 1 saturated carbocycles. The van der Waals surface area contributed by atoms with E-state index in [1.807, 2.05) is 17.5 Å². The maximum Gasteiger partial charge on any atom is 0.107 e. The van der Waals surface area contributed by atoms with Crippen LogP contribution in [0.15, 0.2) is 30.5 Å². The lowest BCUT2D eigenvalue weighted by Crippen LogP contribution is -2.25. The molecular weight excluding hydrogens is 252 g/mol. The van der Waals surface area contributed by atoms with Gasteiger partial charge in [-0.15, -0.1) is 11.3 Å². The number of rotatable bonds is 4. The molecule has 0 atom stereocenters. The Labute approximate surface area is 118 Å². The van der Waals surface area contributed by atoms with Gasteiger partial charge in [0.15, 0.2) is 0 Å². The van der Waals surface area contributed by atoms with Crippen LogP contribution in [0.1, 0.15) is 36.3 Å². The fourth-order valence-corrected chi connectivity index (χ4v) is 3.69. The van der Waals surface area contributed by atoms with Gasteiger partial charge in [-0.1, -0.05) is 37.1 Å². The average Bonchev–Trinajstić information content (AvgIpc) is 3.08. The van der Waals surface area contributed by atoms with Gasteiger partial charge in [-0.25, -0.2) is 4.98 Å². The second-order valence-electron chi connectivity index (χ2n) is 5.30. The Balaban J connectivity index is 1.67. The molecule has 0 spiro atoms. The van der Waals surface area contributed by atoms with E-state index in [1.54, 1.807) is 0 Å². The molecule has 0 bridgehead atoms. The summed E-state index contributed by atoms with van der Waals surface area (Å²) in [4.78, 5) is 5.83. The Morgan fingerprint density at radius 2 is 2.05 bits per heavy atom. The van der Waals surface area contributed by atoms with Crippen LogP contribution in [0.2, 0.25) is 0 Å². The quantitative estimate of drug-likeness (QED) is 0.904. The van der Waals surface area contributed by atoms with Gasteiger partial charge in [0, 0.05) is 18.8 Å². The number of aromatic nitrogens is 1. The monoisotopic (exact) mass is 272 g/mol. The van der Waals surface area contributed by atoms with Crippen molar-refractivity contribution in [3.8, 4) is 10.4 Å². The topological polar surface area (TPSA) is 24.9 Å². The molecule has 1 aromatic carbocycles. The van der Waals surface area contributed by atoms with E-state index in [9.17, 15) is 0 Å². The summed E-state index contributed by atoms with van der Waals surface area (Å²) >= 11 is 1.81. The van der Waals surface area contributed by atoms with Gasteiger partial charge in [0.05, 0.1) is 4.88 Å². The molecule has 2 nitrogen and oxygen atoms in total. The van der Waals surface area contributed by atoms with Gasteiger partial charge < -0.3 is 5.32 Å². The third-order valence-corrected chi connectivity index (χ3v) is 4.89. The third-order valence-electron chi connectivity index (χ3n) is 3.86. The summed E-state index contributed by atoms with van der Waals surface area (Å²) < 4.78 is 0. The maximum absolute atomic E-state index is 4.55. The molecule has 19 heavy (non-hydrogen) atoms. The minimum atomic E-state index is 0.714. The summed E-state index contributed by atoms with van der Waals surface area (Å²) in [5.74, 6) is 0. The maximum atomic E-state index is 4.55. The zero-order valence-corrected chi connectivity index (χ0v) is 12.2. The van der Waals surface area contributed by atoms with Crippen molar-refractivity contribution in [2.45, 2.75) is 45.2 Å². The number of nitrogens with zero attached hydrogens (tertiary/aromatic N) is 1. The smallest absolute Gasteiger partial charge is 0.107 e. The highest BCUT2D eigenvalue weighted by atomic mass is 32.1. The zero-order valence-electron chi connectivity index (χ0n) is 11.4. The highest BCUT2D eigenvalue weighted by molar-refractivity contribution is 7.15. The fourth-order valence-electron chi connectivity index (χ4n) is 2.73. The van der Waals surface area contributed by atoms with Crippen molar-refractivity contribution in [2.75, 3.05) is 0 Å². The van der Waals surface area contributed by atoms with E-state index < -0.39 is 0 Å². The van der Waals surface area contributed by atoms with Gasteiger partial charge in [0.1, 0.15) is 5.01 Å². The molecule has 1 N–H and O–H groups in total. The minimum Gasteiger partial charge on any atom is -0.308 e. The van der Waals surface area contributed by atoms with E-state index in [-0.39, 0.29) is 0 Å². The molecule has 1 aliphatic rings. The average molecular weight is 272 g/mol. The van der Waals surface area contributed by atoms with Gasteiger partial charge >= 0.3 is 0 Å².